The summed E-state index contributed by atoms with van der Waals surface area (Å²) in [4.78, 5) is 12.1. The SMILES string of the molecule is C=CCCCCCN(C)C(=NCCCN1CCCN(C)CC1)NCC.I. The molecule has 0 aromatic heterocycles. The van der Waals surface area contributed by atoms with Gasteiger partial charge in [-0.3, -0.25) is 4.99 Å². The summed E-state index contributed by atoms with van der Waals surface area (Å²) in [5, 5.41) is 3.43. The number of hydrogen-bond donors (Lipinski definition) is 1. The Balaban J connectivity index is 0.00000625. The molecule has 0 radical (unpaired) electrons. The third kappa shape index (κ3) is 12.1. The predicted molar refractivity (Wildman–Crippen MR) is 126 cm³/mol. The highest BCUT2D eigenvalue weighted by Gasteiger charge is 2.11. The van der Waals surface area contributed by atoms with Crippen molar-refractivity contribution >= 4 is 29.9 Å². The van der Waals surface area contributed by atoms with Crippen LogP contribution in [0.5, 0.6) is 0 Å². The first-order chi connectivity index (χ1) is 12.2. The average Bonchev–Trinajstić information content (AvgIpc) is 2.81. The largest absolute Gasteiger partial charge is 0.357 e. The van der Waals surface area contributed by atoms with E-state index in [0.717, 1.165) is 38.4 Å². The van der Waals surface area contributed by atoms with Crippen LogP contribution in [0.2, 0.25) is 0 Å². The molecule has 0 aromatic rings. The molecule has 1 aliphatic heterocycles. The van der Waals surface area contributed by atoms with E-state index >= 15 is 0 Å². The van der Waals surface area contributed by atoms with Gasteiger partial charge in [0.1, 0.15) is 0 Å². The maximum atomic E-state index is 4.83. The smallest absolute Gasteiger partial charge is 0.193 e. The zero-order valence-electron chi connectivity index (χ0n) is 17.4. The second-order valence-corrected chi connectivity index (χ2v) is 7.15. The summed E-state index contributed by atoms with van der Waals surface area (Å²) in [7, 11) is 4.38. The fourth-order valence-corrected chi connectivity index (χ4v) is 3.19. The Bertz CT molecular complexity index is 375. The number of nitrogens with one attached hydrogen (secondary N) is 1. The summed E-state index contributed by atoms with van der Waals surface area (Å²) in [6.45, 7) is 14.9. The molecule has 0 unspecified atom stereocenters. The van der Waals surface area contributed by atoms with Gasteiger partial charge in [-0.1, -0.05) is 12.5 Å². The summed E-state index contributed by atoms with van der Waals surface area (Å²) in [6.07, 6.45) is 9.30. The molecule has 1 fully saturated rings. The maximum absolute atomic E-state index is 4.83. The number of unbranched alkanes of at least 4 members (excludes halogenated alkanes) is 3. The van der Waals surface area contributed by atoms with Crippen LogP contribution in [0.25, 0.3) is 0 Å². The van der Waals surface area contributed by atoms with Crippen molar-refractivity contribution in [3.05, 3.63) is 12.7 Å². The summed E-state index contributed by atoms with van der Waals surface area (Å²) in [6, 6.07) is 0. The fourth-order valence-electron chi connectivity index (χ4n) is 3.19. The number of guanidine groups is 1. The molecule has 1 heterocycles. The van der Waals surface area contributed by atoms with Crippen molar-refractivity contribution in [2.75, 3.05) is 66.5 Å². The second-order valence-electron chi connectivity index (χ2n) is 7.15. The molecule has 1 aliphatic rings. The lowest BCUT2D eigenvalue weighted by molar-refractivity contribution is 0.275. The van der Waals surface area contributed by atoms with Crippen molar-refractivity contribution < 1.29 is 0 Å². The third-order valence-electron chi connectivity index (χ3n) is 4.80. The lowest BCUT2D eigenvalue weighted by Gasteiger charge is -2.22. The van der Waals surface area contributed by atoms with Crippen LogP contribution in [0.1, 0.15) is 45.4 Å². The molecular weight excluding hydrogens is 437 g/mol. The predicted octanol–water partition coefficient (Wildman–Crippen LogP) is 3.28. The first-order valence-electron chi connectivity index (χ1n) is 10.2. The molecule has 0 aromatic carbocycles. The van der Waals surface area contributed by atoms with Crippen LogP contribution in [0.15, 0.2) is 17.6 Å². The third-order valence-corrected chi connectivity index (χ3v) is 4.80. The lowest BCUT2D eigenvalue weighted by Crippen LogP contribution is -2.39. The highest BCUT2D eigenvalue weighted by atomic mass is 127. The molecule has 0 atom stereocenters. The van der Waals surface area contributed by atoms with Crippen LogP contribution < -0.4 is 5.32 Å². The van der Waals surface area contributed by atoms with Gasteiger partial charge in [-0.15, -0.1) is 30.6 Å². The van der Waals surface area contributed by atoms with E-state index in [2.05, 4.69) is 47.6 Å². The normalized spacial score (nSPS) is 16.7. The molecule has 0 spiro atoms. The molecule has 0 saturated carbocycles. The van der Waals surface area contributed by atoms with Crippen molar-refractivity contribution in [1.29, 1.82) is 0 Å². The summed E-state index contributed by atoms with van der Waals surface area (Å²) < 4.78 is 0. The van der Waals surface area contributed by atoms with E-state index in [1.807, 2.05) is 6.08 Å². The number of aliphatic imine (C=N–C) groups is 1. The van der Waals surface area contributed by atoms with E-state index < -0.39 is 0 Å². The number of allylic oxidation sites excluding steroid dienone is 1. The van der Waals surface area contributed by atoms with Gasteiger partial charge in [0.2, 0.25) is 0 Å². The number of halogens is 1. The molecule has 1 saturated heterocycles. The summed E-state index contributed by atoms with van der Waals surface area (Å²) >= 11 is 0. The van der Waals surface area contributed by atoms with E-state index in [1.54, 1.807) is 0 Å². The van der Waals surface area contributed by atoms with E-state index in [9.17, 15) is 0 Å². The van der Waals surface area contributed by atoms with Gasteiger partial charge in [0, 0.05) is 39.8 Å². The Hall–Kier alpha value is -0.340. The molecule has 154 valence electrons. The molecule has 1 rings (SSSR count). The van der Waals surface area contributed by atoms with Crippen LogP contribution in [-0.4, -0.2) is 87.1 Å². The highest BCUT2D eigenvalue weighted by Crippen LogP contribution is 2.03. The van der Waals surface area contributed by atoms with Gasteiger partial charge >= 0.3 is 0 Å². The summed E-state index contributed by atoms with van der Waals surface area (Å²) in [5.74, 6) is 1.06. The minimum Gasteiger partial charge on any atom is -0.357 e. The Morgan fingerprint density at radius 3 is 2.69 bits per heavy atom. The fraction of sp³-hybridized carbons (Fsp3) is 0.850. The quantitative estimate of drug-likeness (QED) is 0.162. The minimum absolute atomic E-state index is 0. The Morgan fingerprint density at radius 1 is 1.15 bits per heavy atom. The summed E-state index contributed by atoms with van der Waals surface area (Å²) in [5.41, 5.74) is 0. The van der Waals surface area contributed by atoms with Gasteiger partial charge in [0.25, 0.3) is 0 Å². The minimum atomic E-state index is 0. The Morgan fingerprint density at radius 2 is 1.96 bits per heavy atom. The number of nitrogens with zero attached hydrogens (tertiary/aromatic N) is 4. The van der Waals surface area contributed by atoms with Crippen molar-refractivity contribution in [2.45, 2.75) is 45.4 Å². The van der Waals surface area contributed by atoms with E-state index in [-0.39, 0.29) is 24.0 Å². The molecule has 0 amide bonds. The van der Waals surface area contributed by atoms with E-state index in [1.165, 1.54) is 58.4 Å². The molecule has 26 heavy (non-hydrogen) atoms. The van der Waals surface area contributed by atoms with Gasteiger partial charge < -0.3 is 20.0 Å². The first-order valence-corrected chi connectivity index (χ1v) is 10.2. The van der Waals surface area contributed by atoms with Crippen LogP contribution in [-0.2, 0) is 0 Å². The number of likely N-dealkylation sites (N-methyl/N-ethyl adjacent to an activating group) is 1. The standard InChI is InChI=1S/C20H41N5.HI/c1-5-7-8-9-10-15-24(4)20(21-6-2)22-13-11-16-25-17-12-14-23(3)18-19-25;/h5H,1,6-19H2,2-4H3,(H,21,22);1H. The van der Waals surface area contributed by atoms with Crippen molar-refractivity contribution in [1.82, 2.24) is 20.0 Å². The van der Waals surface area contributed by atoms with Crippen LogP contribution in [0, 0.1) is 0 Å². The van der Waals surface area contributed by atoms with Gasteiger partial charge in [0.05, 0.1) is 0 Å². The van der Waals surface area contributed by atoms with Gasteiger partial charge in [0.15, 0.2) is 5.96 Å². The lowest BCUT2D eigenvalue weighted by atomic mass is 10.2. The molecule has 5 nitrogen and oxygen atoms in total. The Labute approximate surface area is 179 Å². The molecule has 0 aliphatic carbocycles. The van der Waals surface area contributed by atoms with Crippen LogP contribution in [0.3, 0.4) is 0 Å². The number of hydrogen-bond acceptors (Lipinski definition) is 3. The molecular formula is C20H42IN5. The zero-order chi connectivity index (χ0) is 18.3. The Kier molecular flexibility index (Phi) is 16.6. The average molecular weight is 479 g/mol. The topological polar surface area (TPSA) is 34.1 Å². The zero-order valence-corrected chi connectivity index (χ0v) is 19.7. The van der Waals surface area contributed by atoms with E-state index in [4.69, 9.17) is 4.99 Å². The van der Waals surface area contributed by atoms with Gasteiger partial charge in [-0.05, 0) is 65.7 Å². The maximum Gasteiger partial charge on any atom is 0.193 e. The van der Waals surface area contributed by atoms with E-state index in [0.29, 0.717) is 0 Å². The van der Waals surface area contributed by atoms with Gasteiger partial charge in [-0.2, -0.15) is 0 Å². The second kappa shape index (κ2) is 16.8. The monoisotopic (exact) mass is 479 g/mol. The van der Waals surface area contributed by atoms with Crippen LogP contribution in [0.4, 0.5) is 0 Å². The first kappa shape index (κ1) is 25.7. The van der Waals surface area contributed by atoms with Crippen molar-refractivity contribution in [3.8, 4) is 0 Å². The van der Waals surface area contributed by atoms with Crippen molar-refractivity contribution in [3.63, 3.8) is 0 Å². The molecule has 1 N–H and O–H groups in total. The van der Waals surface area contributed by atoms with Crippen molar-refractivity contribution in [2.24, 2.45) is 4.99 Å². The van der Waals surface area contributed by atoms with Gasteiger partial charge in [-0.25, -0.2) is 0 Å². The number of rotatable bonds is 11. The highest BCUT2D eigenvalue weighted by molar-refractivity contribution is 14.0. The molecule has 6 heteroatoms. The van der Waals surface area contributed by atoms with Crippen LogP contribution >= 0.6 is 24.0 Å². The molecule has 0 bridgehead atoms.